The van der Waals surface area contributed by atoms with Crippen LogP contribution in [0, 0.1) is 10.1 Å². The number of aromatic nitrogens is 2. The van der Waals surface area contributed by atoms with Crippen LogP contribution in [0.1, 0.15) is 24.2 Å². The predicted octanol–water partition coefficient (Wildman–Crippen LogP) is 2.72. The fourth-order valence-corrected chi connectivity index (χ4v) is 1.70. The van der Waals surface area contributed by atoms with Crippen LogP contribution in [0.5, 0.6) is 0 Å². The number of rotatable bonds is 6. The fourth-order valence-electron chi connectivity index (χ4n) is 1.70. The Morgan fingerprint density at radius 1 is 1.45 bits per heavy atom. The topological polar surface area (TPSA) is 94.1 Å². The molecule has 1 N–H and O–H groups in total. The van der Waals surface area contributed by atoms with E-state index in [1.54, 1.807) is 24.3 Å². The van der Waals surface area contributed by atoms with Crippen molar-refractivity contribution in [1.29, 1.82) is 0 Å². The Kier molecular flexibility index (Phi) is 6.68. The zero-order chi connectivity index (χ0) is 15.2. The monoisotopic (exact) mass is 324 g/mol. The first-order valence-corrected chi connectivity index (χ1v) is 6.51. The van der Waals surface area contributed by atoms with Crippen molar-refractivity contribution in [3.05, 3.63) is 51.7 Å². The van der Waals surface area contributed by atoms with Crippen LogP contribution < -0.4 is 5.32 Å². The van der Waals surface area contributed by atoms with E-state index >= 15 is 0 Å². The van der Waals surface area contributed by atoms with E-state index in [1.807, 2.05) is 14.0 Å². The lowest BCUT2D eigenvalue weighted by Crippen LogP contribution is -2.24. The van der Waals surface area contributed by atoms with Crippen molar-refractivity contribution in [2.45, 2.75) is 19.4 Å². The van der Waals surface area contributed by atoms with Crippen LogP contribution in [0.25, 0.3) is 12.2 Å². The van der Waals surface area contributed by atoms with Gasteiger partial charge in [-0.25, -0.2) is 0 Å². The summed E-state index contributed by atoms with van der Waals surface area (Å²) in [7, 11) is 1.87. The summed E-state index contributed by atoms with van der Waals surface area (Å²) in [5.41, 5.74) is 0.749. The normalized spacial score (nSPS) is 12.1. The Hall–Kier alpha value is -2.25. The predicted molar refractivity (Wildman–Crippen MR) is 85.8 cm³/mol. The lowest BCUT2D eigenvalue weighted by atomic mass is 10.2. The number of halogens is 1. The highest BCUT2D eigenvalue weighted by Gasteiger charge is 2.08. The summed E-state index contributed by atoms with van der Waals surface area (Å²) in [5, 5.41) is 17.7. The third-order valence-electron chi connectivity index (χ3n) is 2.96. The molecule has 1 atom stereocenters. The van der Waals surface area contributed by atoms with Gasteiger partial charge in [-0.05, 0) is 25.6 Å². The molecule has 1 heterocycles. The molecule has 1 aromatic heterocycles. The van der Waals surface area contributed by atoms with Crippen molar-refractivity contribution in [1.82, 2.24) is 15.5 Å². The van der Waals surface area contributed by atoms with Crippen molar-refractivity contribution in [3.63, 3.8) is 0 Å². The molecule has 22 heavy (non-hydrogen) atoms. The fraction of sp³-hybridized carbons (Fsp3) is 0.286. The standard InChI is InChI=1S/C14H16N4O3.ClH/c1-10(15-2)8-13-16-14(21-17-13)7-6-11-4-3-5-12(9-11)18(19)20;/h3-7,9-10,15H,8H2,1-2H3;1H/b7-6+;. The smallest absolute Gasteiger partial charge is 0.270 e. The number of hydrogen-bond acceptors (Lipinski definition) is 6. The van der Waals surface area contributed by atoms with E-state index in [-0.39, 0.29) is 24.1 Å². The molecular weight excluding hydrogens is 308 g/mol. The van der Waals surface area contributed by atoms with Gasteiger partial charge in [-0.2, -0.15) is 4.98 Å². The minimum Gasteiger partial charge on any atom is -0.335 e. The molecule has 0 saturated carbocycles. The Bertz CT molecular complexity index is 657. The number of nitrogens with zero attached hydrogens (tertiary/aromatic N) is 3. The van der Waals surface area contributed by atoms with Crippen molar-refractivity contribution < 1.29 is 9.45 Å². The summed E-state index contributed by atoms with van der Waals surface area (Å²) in [4.78, 5) is 14.5. The van der Waals surface area contributed by atoms with Crippen LogP contribution in [0.2, 0.25) is 0 Å². The van der Waals surface area contributed by atoms with Crippen LogP contribution in [0.3, 0.4) is 0 Å². The van der Waals surface area contributed by atoms with Gasteiger partial charge in [0.15, 0.2) is 5.82 Å². The van der Waals surface area contributed by atoms with Crippen molar-refractivity contribution in [2.75, 3.05) is 7.05 Å². The van der Waals surface area contributed by atoms with Crippen LogP contribution in [-0.2, 0) is 6.42 Å². The van der Waals surface area contributed by atoms with Gasteiger partial charge in [-0.3, -0.25) is 10.1 Å². The van der Waals surface area contributed by atoms with Crippen LogP contribution in [0.4, 0.5) is 5.69 Å². The molecule has 118 valence electrons. The largest absolute Gasteiger partial charge is 0.335 e. The summed E-state index contributed by atoms with van der Waals surface area (Å²) >= 11 is 0. The van der Waals surface area contributed by atoms with Gasteiger partial charge in [0.05, 0.1) is 4.92 Å². The number of non-ortho nitro benzene ring substituents is 1. The molecule has 2 rings (SSSR count). The number of likely N-dealkylation sites (N-methyl/N-ethyl adjacent to an activating group) is 1. The minimum absolute atomic E-state index is 0. The highest BCUT2D eigenvalue weighted by molar-refractivity contribution is 5.85. The first kappa shape index (κ1) is 17.8. The number of nitrogens with one attached hydrogen (secondary N) is 1. The first-order valence-electron chi connectivity index (χ1n) is 6.51. The minimum atomic E-state index is -0.429. The lowest BCUT2D eigenvalue weighted by molar-refractivity contribution is -0.384. The highest BCUT2D eigenvalue weighted by Crippen LogP contribution is 2.15. The molecule has 0 saturated heterocycles. The molecule has 0 bridgehead atoms. The van der Waals surface area contributed by atoms with Crippen molar-refractivity contribution in [2.24, 2.45) is 0 Å². The average molecular weight is 325 g/mol. The van der Waals surface area contributed by atoms with E-state index in [0.717, 1.165) is 0 Å². The van der Waals surface area contributed by atoms with E-state index in [0.29, 0.717) is 23.7 Å². The summed E-state index contributed by atoms with van der Waals surface area (Å²) in [6.45, 7) is 2.02. The second kappa shape index (κ2) is 8.26. The van der Waals surface area contributed by atoms with E-state index in [2.05, 4.69) is 15.5 Å². The molecule has 7 nitrogen and oxygen atoms in total. The Morgan fingerprint density at radius 3 is 2.91 bits per heavy atom. The average Bonchev–Trinajstić information content (AvgIpc) is 2.92. The molecular formula is C14H17ClN4O3. The molecule has 0 aliphatic heterocycles. The maximum atomic E-state index is 10.7. The van der Waals surface area contributed by atoms with Gasteiger partial charge in [0.2, 0.25) is 0 Å². The SMILES string of the molecule is CNC(C)Cc1noc(/C=C/c2cccc([N+](=O)[O-])c2)n1.Cl. The molecule has 1 aromatic carbocycles. The second-order valence-corrected chi connectivity index (χ2v) is 4.63. The number of benzene rings is 1. The van der Waals surface area contributed by atoms with E-state index in [1.165, 1.54) is 12.1 Å². The van der Waals surface area contributed by atoms with Gasteiger partial charge < -0.3 is 9.84 Å². The quantitative estimate of drug-likeness (QED) is 0.648. The third-order valence-corrected chi connectivity index (χ3v) is 2.96. The lowest BCUT2D eigenvalue weighted by Gasteiger charge is -2.04. The maximum absolute atomic E-state index is 10.7. The molecule has 8 heteroatoms. The van der Waals surface area contributed by atoms with Gasteiger partial charge in [-0.15, -0.1) is 12.4 Å². The van der Waals surface area contributed by atoms with Gasteiger partial charge in [0, 0.05) is 30.7 Å². The van der Waals surface area contributed by atoms with Crippen molar-refractivity contribution in [3.8, 4) is 0 Å². The zero-order valence-electron chi connectivity index (χ0n) is 12.2. The van der Waals surface area contributed by atoms with Crippen molar-refractivity contribution >= 4 is 30.2 Å². The molecule has 0 amide bonds. The van der Waals surface area contributed by atoms with Crippen LogP contribution >= 0.6 is 12.4 Å². The summed E-state index contributed by atoms with van der Waals surface area (Å²) in [6, 6.07) is 6.59. The number of nitro benzene ring substituents is 1. The van der Waals surface area contributed by atoms with Gasteiger partial charge in [0.25, 0.3) is 11.6 Å². The molecule has 0 aliphatic rings. The van der Waals surface area contributed by atoms with Gasteiger partial charge in [-0.1, -0.05) is 17.3 Å². The molecule has 0 fully saturated rings. The molecule has 2 aromatic rings. The highest BCUT2D eigenvalue weighted by atomic mass is 35.5. The Labute approximate surface area is 134 Å². The Morgan fingerprint density at radius 2 is 2.23 bits per heavy atom. The second-order valence-electron chi connectivity index (χ2n) is 4.63. The zero-order valence-corrected chi connectivity index (χ0v) is 13.0. The molecule has 0 radical (unpaired) electrons. The van der Waals surface area contributed by atoms with E-state index in [9.17, 15) is 10.1 Å². The molecule has 0 aliphatic carbocycles. The van der Waals surface area contributed by atoms with E-state index < -0.39 is 4.92 Å². The molecule has 0 spiro atoms. The maximum Gasteiger partial charge on any atom is 0.270 e. The summed E-state index contributed by atoms with van der Waals surface area (Å²) in [6.07, 6.45) is 4.01. The third kappa shape index (κ3) is 4.94. The summed E-state index contributed by atoms with van der Waals surface area (Å²) in [5.74, 6) is 0.996. The Balaban J connectivity index is 0.00000242. The first-order chi connectivity index (χ1) is 10.1. The van der Waals surface area contributed by atoms with E-state index in [4.69, 9.17) is 4.52 Å². The van der Waals surface area contributed by atoms with Crippen LogP contribution in [0.15, 0.2) is 28.8 Å². The molecule has 1 unspecified atom stereocenters. The van der Waals surface area contributed by atoms with Crippen LogP contribution in [-0.4, -0.2) is 28.2 Å². The van der Waals surface area contributed by atoms with Gasteiger partial charge >= 0.3 is 0 Å². The number of nitro groups is 1. The summed E-state index contributed by atoms with van der Waals surface area (Å²) < 4.78 is 5.10. The number of hydrogen-bond donors (Lipinski definition) is 1. The van der Waals surface area contributed by atoms with Gasteiger partial charge in [0.1, 0.15) is 0 Å².